The fourth-order valence-corrected chi connectivity index (χ4v) is 4.56. The lowest BCUT2D eigenvalue weighted by Crippen LogP contribution is -2.57. The number of hydrogen-bond acceptors (Lipinski definition) is 7. The third kappa shape index (κ3) is 2.10. The summed E-state index contributed by atoms with van der Waals surface area (Å²) < 4.78 is 0. The highest BCUT2D eigenvalue weighted by Crippen LogP contribution is 2.51. The zero-order valence-corrected chi connectivity index (χ0v) is 14.1. The first-order valence-corrected chi connectivity index (χ1v) is 8.46. The Morgan fingerprint density at radius 1 is 1.15 bits per heavy atom. The van der Waals surface area contributed by atoms with E-state index in [1.165, 1.54) is 6.07 Å². The number of Topliss-reactive ketones (excluding diaryl/α,β-unsaturated/α-hetero) is 2. The van der Waals surface area contributed by atoms with Gasteiger partial charge in [-0.15, -0.1) is 0 Å². The fraction of sp³-hybridized carbons (Fsp3) is 0.316. The van der Waals surface area contributed by atoms with Gasteiger partial charge in [0.15, 0.2) is 11.4 Å². The number of carbonyl (C=O) groups is 3. The number of phenolic OH excluding ortho intramolecular Hbond substituents is 1. The van der Waals surface area contributed by atoms with Crippen LogP contribution in [-0.4, -0.2) is 43.5 Å². The van der Waals surface area contributed by atoms with Gasteiger partial charge >= 0.3 is 0 Å². The van der Waals surface area contributed by atoms with Gasteiger partial charge in [0.2, 0.25) is 5.78 Å². The molecule has 1 amide bonds. The minimum Gasteiger partial charge on any atom is -0.511 e. The zero-order chi connectivity index (χ0) is 19.7. The maximum absolute atomic E-state index is 12.9. The van der Waals surface area contributed by atoms with Crippen molar-refractivity contribution in [1.29, 1.82) is 0 Å². The number of fused-ring (bicyclic) bond motifs is 3. The second-order valence-corrected chi connectivity index (χ2v) is 7.22. The van der Waals surface area contributed by atoms with Crippen LogP contribution < -0.4 is 5.73 Å². The standard InChI is InChI=1S/C19H17NO7/c20-18(26)14-11(22)6-9-5-8-4-7-2-1-3-10(21)12(7)15(23)13(8)16(24)19(9,27)17(14)25/h1-3,8-9,21-22,24,27H,4-6H2,(H2,20,26)/t8?,9?,19-/m0/s1. The predicted molar refractivity (Wildman–Crippen MR) is 90.8 cm³/mol. The lowest BCUT2D eigenvalue weighted by Gasteiger charge is -2.45. The van der Waals surface area contributed by atoms with E-state index in [0.29, 0.717) is 12.0 Å². The van der Waals surface area contributed by atoms with E-state index in [0.717, 1.165) is 0 Å². The van der Waals surface area contributed by atoms with Gasteiger partial charge in [0.25, 0.3) is 5.91 Å². The minimum atomic E-state index is -2.51. The number of aliphatic hydroxyl groups excluding tert-OH is 2. The number of benzene rings is 1. The Hall–Kier alpha value is -3.13. The summed E-state index contributed by atoms with van der Waals surface area (Å²) in [6.45, 7) is 0. The molecule has 27 heavy (non-hydrogen) atoms. The summed E-state index contributed by atoms with van der Waals surface area (Å²) >= 11 is 0. The summed E-state index contributed by atoms with van der Waals surface area (Å²) in [6, 6.07) is 4.63. The topological polar surface area (TPSA) is 158 Å². The molecule has 0 fully saturated rings. The molecule has 0 aliphatic heterocycles. The monoisotopic (exact) mass is 371 g/mol. The Morgan fingerprint density at radius 3 is 2.52 bits per heavy atom. The molecular formula is C19H17NO7. The average molecular weight is 371 g/mol. The molecule has 8 nitrogen and oxygen atoms in total. The number of primary amides is 1. The molecule has 0 aromatic heterocycles. The van der Waals surface area contributed by atoms with E-state index in [-0.39, 0.29) is 29.7 Å². The normalized spacial score (nSPS) is 30.0. The van der Waals surface area contributed by atoms with E-state index in [1.54, 1.807) is 12.1 Å². The molecule has 0 radical (unpaired) electrons. The van der Waals surface area contributed by atoms with Gasteiger partial charge in [-0.05, 0) is 30.4 Å². The highest BCUT2D eigenvalue weighted by atomic mass is 16.3. The van der Waals surface area contributed by atoms with Crippen LogP contribution in [0, 0.1) is 11.8 Å². The second-order valence-electron chi connectivity index (χ2n) is 7.22. The van der Waals surface area contributed by atoms with Gasteiger partial charge in [0.1, 0.15) is 22.8 Å². The van der Waals surface area contributed by atoms with Crippen molar-refractivity contribution in [3.63, 3.8) is 0 Å². The van der Waals surface area contributed by atoms with Crippen LogP contribution in [0.1, 0.15) is 28.8 Å². The zero-order valence-electron chi connectivity index (χ0n) is 14.1. The minimum absolute atomic E-state index is 0.0223. The van der Waals surface area contributed by atoms with Crippen molar-refractivity contribution in [3.05, 3.63) is 52.0 Å². The number of rotatable bonds is 1. The van der Waals surface area contributed by atoms with E-state index in [4.69, 9.17) is 5.73 Å². The second kappa shape index (κ2) is 5.43. The summed E-state index contributed by atoms with van der Waals surface area (Å²) in [6.07, 6.45) is 0.233. The average Bonchev–Trinajstić information content (AvgIpc) is 2.57. The maximum atomic E-state index is 12.9. The van der Waals surface area contributed by atoms with Crippen molar-refractivity contribution >= 4 is 17.5 Å². The van der Waals surface area contributed by atoms with Crippen LogP contribution >= 0.6 is 0 Å². The summed E-state index contributed by atoms with van der Waals surface area (Å²) in [4.78, 5) is 37.2. The Morgan fingerprint density at radius 2 is 1.85 bits per heavy atom. The molecule has 140 valence electrons. The number of allylic oxidation sites excluding steroid dienone is 2. The molecule has 2 unspecified atom stereocenters. The van der Waals surface area contributed by atoms with Gasteiger partial charge in [-0.2, -0.15) is 0 Å². The summed E-state index contributed by atoms with van der Waals surface area (Å²) in [7, 11) is 0. The van der Waals surface area contributed by atoms with Crippen LogP contribution in [0.4, 0.5) is 0 Å². The first kappa shape index (κ1) is 17.3. The molecule has 8 heteroatoms. The van der Waals surface area contributed by atoms with Crippen molar-refractivity contribution in [3.8, 4) is 5.75 Å². The number of ketones is 2. The summed E-state index contributed by atoms with van der Waals surface area (Å²) in [5.74, 6) is -6.13. The molecule has 0 spiro atoms. The van der Waals surface area contributed by atoms with E-state index >= 15 is 0 Å². The summed E-state index contributed by atoms with van der Waals surface area (Å²) in [5.41, 5.74) is 2.32. The third-order valence-electron chi connectivity index (χ3n) is 5.80. The van der Waals surface area contributed by atoms with Crippen LogP contribution in [0.25, 0.3) is 0 Å². The number of phenols is 1. The maximum Gasteiger partial charge on any atom is 0.255 e. The first-order chi connectivity index (χ1) is 12.7. The van der Waals surface area contributed by atoms with E-state index < -0.39 is 52.0 Å². The highest BCUT2D eigenvalue weighted by molar-refractivity contribution is 6.24. The van der Waals surface area contributed by atoms with Gasteiger partial charge in [-0.3, -0.25) is 14.4 Å². The van der Waals surface area contributed by atoms with E-state index in [9.17, 15) is 34.8 Å². The van der Waals surface area contributed by atoms with Gasteiger partial charge in [-0.1, -0.05) is 12.1 Å². The Labute approximate surface area is 153 Å². The van der Waals surface area contributed by atoms with E-state index in [2.05, 4.69) is 0 Å². The molecule has 4 rings (SSSR count). The van der Waals surface area contributed by atoms with Crippen molar-refractivity contribution in [2.45, 2.75) is 24.9 Å². The Bertz CT molecular complexity index is 990. The third-order valence-corrected chi connectivity index (χ3v) is 5.80. The Balaban J connectivity index is 1.91. The van der Waals surface area contributed by atoms with E-state index in [1.807, 2.05) is 0 Å². The molecule has 3 atom stereocenters. The molecule has 3 aliphatic rings. The number of aliphatic hydroxyl groups is 3. The smallest absolute Gasteiger partial charge is 0.255 e. The number of hydrogen-bond donors (Lipinski definition) is 5. The largest absolute Gasteiger partial charge is 0.511 e. The number of carbonyl (C=O) groups excluding carboxylic acids is 3. The van der Waals surface area contributed by atoms with Crippen LogP contribution in [0.5, 0.6) is 5.75 Å². The Kier molecular flexibility index (Phi) is 3.48. The van der Waals surface area contributed by atoms with Crippen LogP contribution in [0.15, 0.2) is 40.9 Å². The number of nitrogens with two attached hydrogens (primary N) is 1. The summed E-state index contributed by atoms with van der Waals surface area (Å²) in [5, 5.41) is 41.9. The van der Waals surface area contributed by atoms with Crippen LogP contribution in [0.3, 0.4) is 0 Å². The molecule has 1 aromatic carbocycles. The quantitative estimate of drug-likeness (QED) is 0.452. The number of aromatic hydroxyl groups is 1. The van der Waals surface area contributed by atoms with Gasteiger partial charge in [0, 0.05) is 17.9 Å². The van der Waals surface area contributed by atoms with Gasteiger partial charge in [0.05, 0.1) is 5.56 Å². The molecule has 1 aromatic rings. The van der Waals surface area contributed by atoms with Crippen LogP contribution in [-0.2, 0) is 16.0 Å². The molecule has 3 aliphatic carbocycles. The lowest BCUT2D eigenvalue weighted by molar-refractivity contribution is -0.144. The SMILES string of the molecule is NC(=O)C1=C(O)CC2CC3Cc4cccc(O)c4C(=O)C3=C(O)[C@]2(O)C1=O. The highest BCUT2D eigenvalue weighted by Gasteiger charge is 2.59. The molecule has 0 saturated carbocycles. The van der Waals surface area contributed by atoms with Crippen molar-refractivity contribution in [1.82, 2.24) is 0 Å². The lowest BCUT2D eigenvalue weighted by atomic mass is 9.60. The molecule has 0 heterocycles. The first-order valence-electron chi connectivity index (χ1n) is 8.46. The fourth-order valence-electron chi connectivity index (χ4n) is 4.56. The van der Waals surface area contributed by atoms with Crippen molar-refractivity contribution in [2.24, 2.45) is 17.6 Å². The van der Waals surface area contributed by atoms with Crippen molar-refractivity contribution < 1.29 is 34.8 Å². The van der Waals surface area contributed by atoms with Gasteiger partial charge < -0.3 is 26.2 Å². The predicted octanol–water partition coefficient (Wildman–Crippen LogP) is 0.580. The van der Waals surface area contributed by atoms with Crippen LogP contribution in [0.2, 0.25) is 0 Å². The molecule has 0 saturated heterocycles. The van der Waals surface area contributed by atoms with Crippen molar-refractivity contribution in [2.75, 3.05) is 0 Å². The van der Waals surface area contributed by atoms with Gasteiger partial charge in [-0.25, -0.2) is 0 Å². The number of amides is 1. The molecule has 0 bridgehead atoms. The molecular weight excluding hydrogens is 354 g/mol. The molecule has 6 N–H and O–H groups in total.